The maximum absolute atomic E-state index is 12.0. The molecule has 0 radical (unpaired) electrons. The first kappa shape index (κ1) is 17.3. The number of nitrogens with zero attached hydrogens (tertiary/aromatic N) is 1. The zero-order valence-corrected chi connectivity index (χ0v) is 12.6. The predicted octanol–water partition coefficient (Wildman–Crippen LogP) is 0.941. The van der Waals surface area contributed by atoms with E-state index in [4.69, 9.17) is 5.11 Å². The minimum Gasteiger partial charge on any atom is -0.481 e. The lowest BCUT2D eigenvalue weighted by molar-refractivity contribution is -0.137. The van der Waals surface area contributed by atoms with Gasteiger partial charge in [-0.25, -0.2) is 4.79 Å². The molecule has 0 saturated heterocycles. The summed E-state index contributed by atoms with van der Waals surface area (Å²) in [5.74, 6) is -0.982. The number of hydrogen-bond donors (Lipinski definition) is 3. The van der Waals surface area contributed by atoms with Crippen LogP contribution < -0.4 is 10.6 Å². The lowest BCUT2D eigenvalue weighted by Gasteiger charge is -2.31. The second-order valence-corrected chi connectivity index (χ2v) is 5.40. The molecule has 0 aliphatic heterocycles. The Morgan fingerprint density at radius 1 is 1.14 bits per heavy atom. The Hall–Kier alpha value is -1.79. The number of amides is 3. The highest BCUT2D eigenvalue weighted by Gasteiger charge is 2.21. The molecule has 7 nitrogen and oxygen atoms in total. The summed E-state index contributed by atoms with van der Waals surface area (Å²) in [7, 11) is 1.78. The number of rotatable bonds is 7. The number of carbonyl (C=O) groups excluding carboxylic acids is 2. The van der Waals surface area contributed by atoms with Crippen molar-refractivity contribution in [2.75, 3.05) is 20.1 Å². The molecule has 0 aromatic heterocycles. The van der Waals surface area contributed by atoms with Gasteiger partial charge in [0.25, 0.3) is 0 Å². The Kier molecular flexibility index (Phi) is 7.56. The fourth-order valence-corrected chi connectivity index (χ4v) is 2.46. The summed E-state index contributed by atoms with van der Waals surface area (Å²) in [6.07, 6.45) is 5.99. The summed E-state index contributed by atoms with van der Waals surface area (Å²) in [6.45, 7) is 0.253. The van der Waals surface area contributed by atoms with E-state index in [2.05, 4.69) is 10.6 Å². The lowest BCUT2D eigenvalue weighted by atomic mass is 9.94. The van der Waals surface area contributed by atoms with Gasteiger partial charge in [0.2, 0.25) is 5.91 Å². The van der Waals surface area contributed by atoms with E-state index in [1.54, 1.807) is 11.9 Å². The number of nitrogens with one attached hydrogen (secondary N) is 2. The van der Waals surface area contributed by atoms with Crippen LogP contribution in [0.3, 0.4) is 0 Å². The van der Waals surface area contributed by atoms with Gasteiger partial charge in [-0.1, -0.05) is 19.3 Å². The van der Waals surface area contributed by atoms with Crippen LogP contribution >= 0.6 is 0 Å². The van der Waals surface area contributed by atoms with Crippen LogP contribution in [0.5, 0.6) is 0 Å². The fraction of sp³-hybridized carbons (Fsp3) is 0.786. The second kappa shape index (κ2) is 9.20. The molecule has 0 aromatic rings. The zero-order chi connectivity index (χ0) is 15.7. The Morgan fingerprint density at radius 3 is 2.43 bits per heavy atom. The van der Waals surface area contributed by atoms with Gasteiger partial charge in [0.15, 0.2) is 0 Å². The monoisotopic (exact) mass is 299 g/mol. The van der Waals surface area contributed by atoms with Crippen LogP contribution in [0.2, 0.25) is 0 Å². The first-order valence-electron chi connectivity index (χ1n) is 7.50. The van der Waals surface area contributed by atoms with E-state index in [1.807, 2.05) is 0 Å². The van der Waals surface area contributed by atoms with Crippen molar-refractivity contribution in [3.8, 4) is 0 Å². The molecule has 120 valence electrons. The largest absolute Gasteiger partial charge is 0.481 e. The van der Waals surface area contributed by atoms with E-state index in [9.17, 15) is 14.4 Å². The topological polar surface area (TPSA) is 98.7 Å². The standard InChI is InChI=1S/C14H25N3O4/c1-17(11-6-3-2-4-7-11)12(18)10-16-14(21)15-9-5-8-13(19)20/h11H,2-10H2,1H3,(H,19,20)(H2,15,16,21). The molecule has 1 aliphatic rings. The average Bonchev–Trinajstić information content (AvgIpc) is 2.49. The molecular weight excluding hydrogens is 274 g/mol. The molecule has 0 unspecified atom stereocenters. The summed E-state index contributed by atoms with van der Waals surface area (Å²) >= 11 is 0. The molecule has 1 rings (SSSR count). The number of urea groups is 1. The highest BCUT2D eigenvalue weighted by atomic mass is 16.4. The maximum Gasteiger partial charge on any atom is 0.315 e. The molecule has 0 heterocycles. The van der Waals surface area contributed by atoms with Crippen LogP contribution in [-0.2, 0) is 9.59 Å². The number of carboxylic acid groups (broad SMARTS) is 1. The van der Waals surface area contributed by atoms with Crippen LogP contribution in [-0.4, -0.2) is 54.1 Å². The van der Waals surface area contributed by atoms with Gasteiger partial charge in [0.1, 0.15) is 0 Å². The van der Waals surface area contributed by atoms with E-state index in [-0.39, 0.29) is 31.5 Å². The van der Waals surface area contributed by atoms with E-state index >= 15 is 0 Å². The van der Waals surface area contributed by atoms with Gasteiger partial charge in [-0.3, -0.25) is 9.59 Å². The number of carboxylic acids is 1. The lowest BCUT2D eigenvalue weighted by Crippen LogP contribution is -2.46. The van der Waals surface area contributed by atoms with Crippen molar-refractivity contribution < 1.29 is 19.5 Å². The Balaban J connectivity index is 2.16. The van der Waals surface area contributed by atoms with Crippen LogP contribution in [0.1, 0.15) is 44.9 Å². The molecular formula is C14H25N3O4. The smallest absolute Gasteiger partial charge is 0.315 e. The van der Waals surface area contributed by atoms with Gasteiger partial charge < -0.3 is 20.6 Å². The highest BCUT2D eigenvalue weighted by molar-refractivity contribution is 5.84. The van der Waals surface area contributed by atoms with Gasteiger partial charge in [0.05, 0.1) is 6.54 Å². The Bertz CT molecular complexity index is 367. The third-order valence-corrected chi connectivity index (χ3v) is 3.77. The minimum atomic E-state index is -0.888. The number of carbonyl (C=O) groups is 3. The molecule has 1 saturated carbocycles. The van der Waals surface area contributed by atoms with Crippen molar-refractivity contribution in [2.24, 2.45) is 0 Å². The van der Waals surface area contributed by atoms with Crippen molar-refractivity contribution in [2.45, 2.75) is 51.0 Å². The average molecular weight is 299 g/mol. The van der Waals surface area contributed by atoms with Crippen LogP contribution in [0.25, 0.3) is 0 Å². The van der Waals surface area contributed by atoms with Crippen LogP contribution in [0, 0.1) is 0 Å². The van der Waals surface area contributed by atoms with Gasteiger partial charge in [-0.2, -0.15) is 0 Å². The molecule has 0 bridgehead atoms. The number of hydrogen-bond acceptors (Lipinski definition) is 3. The molecule has 0 spiro atoms. The molecule has 21 heavy (non-hydrogen) atoms. The van der Waals surface area contributed by atoms with Crippen molar-refractivity contribution in [3.05, 3.63) is 0 Å². The molecule has 7 heteroatoms. The molecule has 0 atom stereocenters. The number of aliphatic carboxylic acids is 1. The van der Waals surface area contributed by atoms with E-state index in [1.165, 1.54) is 6.42 Å². The van der Waals surface area contributed by atoms with Crippen molar-refractivity contribution in [1.82, 2.24) is 15.5 Å². The first-order valence-corrected chi connectivity index (χ1v) is 7.50. The molecule has 0 aromatic carbocycles. The maximum atomic E-state index is 12.0. The van der Waals surface area contributed by atoms with E-state index < -0.39 is 12.0 Å². The molecule has 3 N–H and O–H groups in total. The summed E-state index contributed by atoms with van der Waals surface area (Å²) in [6, 6.07) is -0.155. The number of likely N-dealkylation sites (N-methyl/N-ethyl adjacent to an activating group) is 1. The van der Waals surface area contributed by atoms with Gasteiger partial charge >= 0.3 is 12.0 Å². The van der Waals surface area contributed by atoms with Crippen molar-refractivity contribution >= 4 is 17.9 Å². The molecule has 3 amide bonds. The van der Waals surface area contributed by atoms with Crippen molar-refractivity contribution in [1.29, 1.82) is 0 Å². The molecule has 1 aliphatic carbocycles. The van der Waals surface area contributed by atoms with Gasteiger partial charge in [0, 0.05) is 26.1 Å². The van der Waals surface area contributed by atoms with Crippen molar-refractivity contribution in [3.63, 3.8) is 0 Å². The normalized spacial score (nSPS) is 15.3. The van der Waals surface area contributed by atoms with Gasteiger partial charge in [-0.05, 0) is 19.3 Å². The van der Waals surface area contributed by atoms with Crippen LogP contribution in [0.15, 0.2) is 0 Å². The van der Waals surface area contributed by atoms with Crippen LogP contribution in [0.4, 0.5) is 4.79 Å². The SMILES string of the molecule is CN(C(=O)CNC(=O)NCCCC(=O)O)C1CCCCC1. The third kappa shape index (κ3) is 6.97. The molecule has 1 fully saturated rings. The Labute approximate surface area is 125 Å². The summed E-state index contributed by atoms with van der Waals surface area (Å²) in [5.41, 5.74) is 0. The Morgan fingerprint density at radius 2 is 1.81 bits per heavy atom. The van der Waals surface area contributed by atoms with Gasteiger partial charge in [-0.15, -0.1) is 0 Å². The second-order valence-electron chi connectivity index (χ2n) is 5.40. The van der Waals surface area contributed by atoms with E-state index in [0.29, 0.717) is 6.42 Å². The zero-order valence-electron chi connectivity index (χ0n) is 12.6. The third-order valence-electron chi connectivity index (χ3n) is 3.77. The van der Waals surface area contributed by atoms with E-state index in [0.717, 1.165) is 25.7 Å². The summed E-state index contributed by atoms with van der Waals surface area (Å²) in [5, 5.41) is 13.5. The summed E-state index contributed by atoms with van der Waals surface area (Å²) < 4.78 is 0. The first-order chi connectivity index (χ1) is 10.0. The fourth-order valence-electron chi connectivity index (χ4n) is 2.46. The minimum absolute atomic E-state index is 0.0175. The highest BCUT2D eigenvalue weighted by Crippen LogP contribution is 2.21. The summed E-state index contributed by atoms with van der Waals surface area (Å²) in [4.78, 5) is 35.5. The quantitative estimate of drug-likeness (QED) is 0.609. The predicted molar refractivity (Wildman–Crippen MR) is 77.9 cm³/mol.